The Morgan fingerprint density at radius 1 is 1.40 bits per heavy atom. The highest BCUT2D eigenvalue weighted by atomic mass is 32.1. The van der Waals surface area contributed by atoms with Crippen LogP contribution >= 0.6 is 11.3 Å². The molecule has 1 rings (SSSR count). The topological polar surface area (TPSA) is 28.2 Å². The summed E-state index contributed by atoms with van der Waals surface area (Å²) in [5, 5.41) is 4.62. The van der Waals surface area contributed by atoms with Crippen LogP contribution in [0.1, 0.15) is 22.5 Å². The molecule has 0 aliphatic rings. The summed E-state index contributed by atoms with van der Waals surface area (Å²) in [6.45, 7) is 8.30. The Hall–Kier alpha value is -0.450. The van der Waals surface area contributed by atoms with E-state index < -0.39 is 0 Å². The maximum absolute atomic E-state index is 4.49. The van der Waals surface area contributed by atoms with E-state index in [1.807, 2.05) is 0 Å². The maximum Gasteiger partial charge on any atom is 0.107 e. The predicted octanol–water partition coefficient (Wildman–Crippen LogP) is 1.80. The highest BCUT2D eigenvalue weighted by Gasteiger charge is 2.05. The van der Waals surface area contributed by atoms with Crippen molar-refractivity contribution in [3.63, 3.8) is 0 Å². The number of likely N-dealkylation sites (N-methyl/N-ethyl adjacent to an activating group) is 1. The molecule has 1 unspecified atom stereocenters. The first-order chi connectivity index (χ1) is 7.00. The zero-order valence-corrected chi connectivity index (χ0v) is 11.1. The van der Waals surface area contributed by atoms with Gasteiger partial charge in [0.05, 0.1) is 5.69 Å². The third-order valence-electron chi connectivity index (χ3n) is 2.67. The molecule has 0 amide bonds. The smallest absolute Gasteiger partial charge is 0.107 e. The highest BCUT2D eigenvalue weighted by molar-refractivity contribution is 7.11. The molecular formula is C11H21N3S. The quantitative estimate of drug-likeness (QED) is 0.831. The van der Waals surface area contributed by atoms with E-state index in [-0.39, 0.29) is 0 Å². The van der Waals surface area contributed by atoms with Crippen LogP contribution in [0.4, 0.5) is 0 Å². The number of thiazole rings is 1. The summed E-state index contributed by atoms with van der Waals surface area (Å²) in [6, 6.07) is 0.562. The second-order valence-electron chi connectivity index (χ2n) is 4.19. The molecule has 0 radical (unpaired) electrons. The lowest BCUT2D eigenvalue weighted by molar-refractivity contribution is 0.302. The summed E-state index contributed by atoms with van der Waals surface area (Å²) < 4.78 is 0. The minimum absolute atomic E-state index is 0.562. The van der Waals surface area contributed by atoms with Crippen molar-refractivity contribution in [2.45, 2.75) is 33.4 Å². The number of nitrogens with zero attached hydrogens (tertiary/aromatic N) is 2. The van der Waals surface area contributed by atoms with Gasteiger partial charge < -0.3 is 10.2 Å². The number of hydrogen-bond acceptors (Lipinski definition) is 4. The molecule has 1 heterocycles. The predicted molar refractivity (Wildman–Crippen MR) is 66.4 cm³/mol. The number of aryl methyl sites for hydroxylation is 2. The van der Waals surface area contributed by atoms with Crippen molar-refractivity contribution < 1.29 is 0 Å². The summed E-state index contributed by atoms with van der Waals surface area (Å²) in [5.41, 5.74) is 1.16. The van der Waals surface area contributed by atoms with Gasteiger partial charge in [-0.25, -0.2) is 4.98 Å². The summed E-state index contributed by atoms with van der Waals surface area (Å²) in [6.07, 6.45) is 0. The van der Waals surface area contributed by atoms with Gasteiger partial charge in [0.15, 0.2) is 0 Å². The average molecular weight is 227 g/mol. The molecule has 1 atom stereocenters. The van der Waals surface area contributed by atoms with Gasteiger partial charge in [-0.05, 0) is 34.9 Å². The summed E-state index contributed by atoms with van der Waals surface area (Å²) in [7, 11) is 4.20. The normalized spacial score (nSPS) is 13.5. The van der Waals surface area contributed by atoms with E-state index in [9.17, 15) is 0 Å². The molecule has 0 aliphatic carbocycles. The van der Waals surface area contributed by atoms with Crippen LogP contribution in [-0.4, -0.2) is 36.6 Å². The molecule has 0 aliphatic heterocycles. The molecule has 0 fully saturated rings. The molecule has 0 spiro atoms. The van der Waals surface area contributed by atoms with Crippen LogP contribution in [0.5, 0.6) is 0 Å². The van der Waals surface area contributed by atoms with Gasteiger partial charge in [0.2, 0.25) is 0 Å². The van der Waals surface area contributed by atoms with Gasteiger partial charge in [0, 0.05) is 24.0 Å². The first-order valence-electron chi connectivity index (χ1n) is 5.30. The minimum Gasteiger partial charge on any atom is -0.309 e. The molecule has 3 nitrogen and oxygen atoms in total. The van der Waals surface area contributed by atoms with E-state index in [1.165, 1.54) is 9.88 Å². The van der Waals surface area contributed by atoms with Gasteiger partial charge >= 0.3 is 0 Å². The Labute approximate surface area is 96.5 Å². The lowest BCUT2D eigenvalue weighted by Crippen LogP contribution is -2.35. The molecule has 1 aromatic heterocycles. The third kappa shape index (κ3) is 3.89. The first kappa shape index (κ1) is 12.6. The average Bonchev–Trinajstić information content (AvgIpc) is 2.46. The second-order valence-corrected chi connectivity index (χ2v) is 5.48. The maximum atomic E-state index is 4.49. The van der Waals surface area contributed by atoms with Crippen LogP contribution in [-0.2, 0) is 6.54 Å². The zero-order chi connectivity index (χ0) is 11.4. The Balaban J connectivity index is 2.32. The number of nitrogens with one attached hydrogen (secondary N) is 1. The van der Waals surface area contributed by atoms with Crippen molar-refractivity contribution in [1.82, 2.24) is 15.2 Å². The fourth-order valence-corrected chi connectivity index (χ4v) is 2.09. The van der Waals surface area contributed by atoms with Gasteiger partial charge in [-0.15, -0.1) is 11.3 Å². The van der Waals surface area contributed by atoms with Crippen molar-refractivity contribution >= 4 is 11.3 Å². The van der Waals surface area contributed by atoms with Crippen LogP contribution in [0.2, 0.25) is 0 Å². The van der Waals surface area contributed by atoms with E-state index >= 15 is 0 Å². The minimum atomic E-state index is 0.562. The zero-order valence-electron chi connectivity index (χ0n) is 10.3. The Bertz CT molecular complexity index is 287. The van der Waals surface area contributed by atoms with Crippen LogP contribution in [0.25, 0.3) is 0 Å². The molecule has 86 valence electrons. The third-order valence-corrected chi connectivity index (χ3v) is 3.74. The van der Waals surface area contributed by atoms with Gasteiger partial charge in [-0.2, -0.15) is 0 Å². The molecular weight excluding hydrogens is 206 g/mol. The van der Waals surface area contributed by atoms with E-state index in [4.69, 9.17) is 0 Å². The monoisotopic (exact) mass is 227 g/mol. The number of rotatable bonds is 5. The largest absolute Gasteiger partial charge is 0.309 e. The molecule has 0 aromatic carbocycles. The second kappa shape index (κ2) is 5.58. The number of aromatic nitrogens is 1. The van der Waals surface area contributed by atoms with E-state index in [1.54, 1.807) is 11.3 Å². The molecule has 0 saturated heterocycles. The highest BCUT2D eigenvalue weighted by Crippen LogP contribution is 2.15. The van der Waals surface area contributed by atoms with Crippen molar-refractivity contribution in [2.24, 2.45) is 0 Å². The van der Waals surface area contributed by atoms with Crippen LogP contribution < -0.4 is 5.32 Å². The molecule has 15 heavy (non-hydrogen) atoms. The summed E-state index contributed by atoms with van der Waals surface area (Å²) in [5.74, 6) is 0. The lowest BCUT2D eigenvalue weighted by Gasteiger charge is -2.19. The molecule has 1 N–H and O–H groups in total. The van der Waals surface area contributed by atoms with Crippen molar-refractivity contribution in [2.75, 3.05) is 20.6 Å². The van der Waals surface area contributed by atoms with Gasteiger partial charge in [0.1, 0.15) is 5.01 Å². The molecule has 0 bridgehead atoms. The van der Waals surface area contributed by atoms with E-state index in [0.717, 1.165) is 18.8 Å². The Kier molecular flexibility index (Phi) is 4.70. The molecule has 1 aromatic rings. The summed E-state index contributed by atoms with van der Waals surface area (Å²) >= 11 is 1.79. The summed E-state index contributed by atoms with van der Waals surface area (Å²) in [4.78, 5) is 8.03. The Morgan fingerprint density at radius 2 is 2.07 bits per heavy atom. The fraction of sp³-hybridized carbons (Fsp3) is 0.727. The molecule has 0 saturated carbocycles. The van der Waals surface area contributed by atoms with Crippen LogP contribution in [0.15, 0.2) is 0 Å². The lowest BCUT2D eigenvalue weighted by atomic mass is 10.3. The van der Waals surface area contributed by atoms with Gasteiger partial charge in [0.25, 0.3) is 0 Å². The van der Waals surface area contributed by atoms with E-state index in [2.05, 4.69) is 50.1 Å². The van der Waals surface area contributed by atoms with Crippen molar-refractivity contribution in [3.05, 3.63) is 15.6 Å². The standard InChI is InChI=1S/C11H21N3S/c1-8(14(4)5)6-12-7-11-13-9(2)10(3)15-11/h8,12H,6-7H2,1-5H3. The Morgan fingerprint density at radius 3 is 2.53 bits per heavy atom. The van der Waals surface area contributed by atoms with Crippen molar-refractivity contribution in [3.8, 4) is 0 Å². The SMILES string of the molecule is Cc1nc(CNCC(C)N(C)C)sc1C. The van der Waals surface area contributed by atoms with Gasteiger partial charge in [-0.1, -0.05) is 0 Å². The fourth-order valence-electron chi connectivity index (χ4n) is 1.19. The first-order valence-corrected chi connectivity index (χ1v) is 6.12. The van der Waals surface area contributed by atoms with Gasteiger partial charge in [-0.3, -0.25) is 0 Å². The van der Waals surface area contributed by atoms with Crippen LogP contribution in [0.3, 0.4) is 0 Å². The van der Waals surface area contributed by atoms with Crippen LogP contribution in [0, 0.1) is 13.8 Å². The van der Waals surface area contributed by atoms with E-state index in [0.29, 0.717) is 6.04 Å². The van der Waals surface area contributed by atoms with Crippen molar-refractivity contribution in [1.29, 1.82) is 0 Å². The number of hydrogen-bond donors (Lipinski definition) is 1. The molecule has 4 heteroatoms.